The first-order chi connectivity index (χ1) is 9.52. The molecule has 108 valence electrons. The molecular formula is C15H20ClN3O. The number of fused-ring (bicyclic) bond motifs is 1. The number of carbonyl (C=O) groups excluding carboxylic acids is 1. The number of carbonyl (C=O) groups is 1. The zero-order valence-corrected chi connectivity index (χ0v) is 12.9. The van der Waals surface area contributed by atoms with E-state index >= 15 is 0 Å². The van der Waals surface area contributed by atoms with Crippen molar-refractivity contribution in [3.63, 3.8) is 0 Å². The van der Waals surface area contributed by atoms with Gasteiger partial charge in [-0.15, -0.1) is 11.6 Å². The average molecular weight is 294 g/mol. The fourth-order valence-corrected chi connectivity index (χ4v) is 2.41. The van der Waals surface area contributed by atoms with Crippen molar-refractivity contribution in [1.82, 2.24) is 14.5 Å². The van der Waals surface area contributed by atoms with Gasteiger partial charge in [0.25, 0.3) is 0 Å². The second-order valence-electron chi connectivity index (χ2n) is 5.15. The molecule has 1 aromatic carbocycles. The Hall–Kier alpha value is -1.55. The van der Waals surface area contributed by atoms with E-state index in [0.29, 0.717) is 25.3 Å². The lowest BCUT2D eigenvalue weighted by Crippen LogP contribution is -2.23. The Morgan fingerprint density at radius 2 is 2.15 bits per heavy atom. The molecule has 0 bridgehead atoms. The molecule has 5 heteroatoms. The molecule has 2 aromatic rings. The maximum atomic E-state index is 11.8. The molecule has 1 aromatic heterocycles. The number of amides is 1. The number of rotatable bonds is 5. The minimum atomic E-state index is 0.122. The molecule has 20 heavy (non-hydrogen) atoms. The molecule has 0 unspecified atom stereocenters. The van der Waals surface area contributed by atoms with E-state index in [1.807, 2.05) is 6.07 Å². The number of benzene rings is 1. The number of alkyl halides is 1. The van der Waals surface area contributed by atoms with E-state index in [4.69, 9.17) is 11.6 Å². The molecule has 0 N–H and O–H groups in total. The molecule has 0 aliphatic carbocycles. The summed E-state index contributed by atoms with van der Waals surface area (Å²) in [4.78, 5) is 18.0. The van der Waals surface area contributed by atoms with Gasteiger partial charge < -0.3 is 9.47 Å². The standard InChI is InChI=1S/C15H20ClN3O/c1-11-4-5-12-13(10-11)19(14(17-12)6-8-16)9-7-15(20)18(2)3/h4-5,10H,6-9H2,1-3H3. The number of hydrogen-bond acceptors (Lipinski definition) is 2. The average Bonchev–Trinajstić information content (AvgIpc) is 2.73. The summed E-state index contributed by atoms with van der Waals surface area (Å²) >= 11 is 5.85. The van der Waals surface area contributed by atoms with Gasteiger partial charge in [-0.2, -0.15) is 0 Å². The van der Waals surface area contributed by atoms with Gasteiger partial charge in [-0.1, -0.05) is 6.07 Å². The zero-order valence-electron chi connectivity index (χ0n) is 12.2. The maximum Gasteiger partial charge on any atom is 0.223 e. The van der Waals surface area contributed by atoms with Crippen molar-refractivity contribution in [2.75, 3.05) is 20.0 Å². The van der Waals surface area contributed by atoms with Gasteiger partial charge in [0.05, 0.1) is 11.0 Å². The van der Waals surface area contributed by atoms with E-state index in [9.17, 15) is 4.79 Å². The Labute approximate surface area is 124 Å². The van der Waals surface area contributed by atoms with Crippen LogP contribution in [0, 0.1) is 6.92 Å². The van der Waals surface area contributed by atoms with Crippen molar-refractivity contribution in [3.8, 4) is 0 Å². The Morgan fingerprint density at radius 3 is 2.80 bits per heavy atom. The minimum absolute atomic E-state index is 0.122. The normalized spacial score (nSPS) is 11.0. The Morgan fingerprint density at radius 1 is 1.40 bits per heavy atom. The summed E-state index contributed by atoms with van der Waals surface area (Å²) in [6.07, 6.45) is 1.19. The zero-order chi connectivity index (χ0) is 14.7. The molecule has 0 saturated heterocycles. The van der Waals surface area contributed by atoms with Crippen molar-refractivity contribution in [2.24, 2.45) is 0 Å². The summed E-state index contributed by atoms with van der Waals surface area (Å²) in [5, 5.41) is 0. The third-order valence-corrected chi connectivity index (χ3v) is 3.54. The van der Waals surface area contributed by atoms with Crippen LogP contribution < -0.4 is 0 Å². The number of hydrogen-bond donors (Lipinski definition) is 0. The highest BCUT2D eigenvalue weighted by atomic mass is 35.5. The van der Waals surface area contributed by atoms with Gasteiger partial charge in [0.15, 0.2) is 0 Å². The van der Waals surface area contributed by atoms with Crippen LogP contribution in [-0.4, -0.2) is 40.3 Å². The SMILES string of the molecule is Cc1ccc2nc(CCCl)n(CCC(=O)N(C)C)c2c1. The van der Waals surface area contributed by atoms with Crippen LogP contribution in [0.3, 0.4) is 0 Å². The molecule has 0 radical (unpaired) electrons. The van der Waals surface area contributed by atoms with Crippen LogP contribution in [0.2, 0.25) is 0 Å². The van der Waals surface area contributed by atoms with Crippen LogP contribution in [0.15, 0.2) is 18.2 Å². The topological polar surface area (TPSA) is 38.1 Å². The lowest BCUT2D eigenvalue weighted by Gasteiger charge is -2.12. The number of aryl methyl sites for hydroxylation is 3. The summed E-state index contributed by atoms with van der Waals surface area (Å²) in [6, 6.07) is 6.18. The summed E-state index contributed by atoms with van der Waals surface area (Å²) in [5.74, 6) is 1.60. The summed E-state index contributed by atoms with van der Waals surface area (Å²) < 4.78 is 2.12. The van der Waals surface area contributed by atoms with Crippen LogP contribution >= 0.6 is 11.6 Å². The third-order valence-electron chi connectivity index (χ3n) is 3.35. The maximum absolute atomic E-state index is 11.8. The van der Waals surface area contributed by atoms with Gasteiger partial charge in [0, 0.05) is 39.4 Å². The van der Waals surface area contributed by atoms with Crippen LogP contribution in [0.4, 0.5) is 0 Å². The predicted octanol–water partition coefficient (Wildman–Crippen LogP) is 2.60. The Bertz CT molecular complexity index is 619. The number of imidazole rings is 1. The van der Waals surface area contributed by atoms with Crippen molar-refractivity contribution in [3.05, 3.63) is 29.6 Å². The second kappa shape index (κ2) is 6.27. The van der Waals surface area contributed by atoms with E-state index < -0.39 is 0 Å². The third kappa shape index (κ3) is 3.12. The summed E-state index contributed by atoms with van der Waals surface area (Å²) in [6.45, 7) is 2.70. The first kappa shape index (κ1) is 14.9. The van der Waals surface area contributed by atoms with E-state index in [0.717, 1.165) is 16.9 Å². The van der Waals surface area contributed by atoms with E-state index in [1.54, 1.807) is 19.0 Å². The van der Waals surface area contributed by atoms with Gasteiger partial charge in [-0.25, -0.2) is 4.98 Å². The van der Waals surface area contributed by atoms with Gasteiger partial charge in [-0.3, -0.25) is 4.79 Å². The van der Waals surface area contributed by atoms with Gasteiger partial charge in [0.1, 0.15) is 5.82 Å². The van der Waals surface area contributed by atoms with Gasteiger partial charge in [0.2, 0.25) is 5.91 Å². The first-order valence-corrected chi connectivity index (χ1v) is 7.28. The van der Waals surface area contributed by atoms with Crippen LogP contribution in [-0.2, 0) is 17.8 Å². The van der Waals surface area contributed by atoms with Gasteiger partial charge >= 0.3 is 0 Å². The first-order valence-electron chi connectivity index (χ1n) is 6.75. The van der Waals surface area contributed by atoms with E-state index in [-0.39, 0.29) is 5.91 Å². The highest BCUT2D eigenvalue weighted by Crippen LogP contribution is 2.19. The van der Waals surface area contributed by atoms with Crippen molar-refractivity contribution in [1.29, 1.82) is 0 Å². The minimum Gasteiger partial charge on any atom is -0.349 e. The lowest BCUT2D eigenvalue weighted by molar-refractivity contribution is -0.128. The molecule has 0 aliphatic heterocycles. The van der Waals surface area contributed by atoms with Gasteiger partial charge in [-0.05, 0) is 24.6 Å². The molecule has 0 spiro atoms. The van der Waals surface area contributed by atoms with E-state index in [1.165, 1.54) is 5.56 Å². The largest absolute Gasteiger partial charge is 0.349 e. The number of aromatic nitrogens is 2. The molecule has 1 heterocycles. The molecule has 2 rings (SSSR count). The highest BCUT2D eigenvalue weighted by Gasteiger charge is 2.12. The summed E-state index contributed by atoms with van der Waals surface area (Å²) in [5.41, 5.74) is 3.24. The molecule has 0 fully saturated rings. The Kier molecular flexibility index (Phi) is 4.65. The second-order valence-corrected chi connectivity index (χ2v) is 5.53. The fraction of sp³-hybridized carbons (Fsp3) is 0.467. The monoisotopic (exact) mass is 293 g/mol. The molecule has 1 amide bonds. The lowest BCUT2D eigenvalue weighted by atomic mass is 10.2. The fourth-order valence-electron chi connectivity index (χ4n) is 2.24. The molecular weight excluding hydrogens is 274 g/mol. The molecule has 4 nitrogen and oxygen atoms in total. The molecule has 0 saturated carbocycles. The van der Waals surface area contributed by atoms with E-state index in [2.05, 4.69) is 28.6 Å². The molecule has 0 aliphatic rings. The molecule has 0 atom stereocenters. The Balaban J connectivity index is 2.34. The van der Waals surface area contributed by atoms with Crippen molar-refractivity contribution < 1.29 is 4.79 Å². The number of halogens is 1. The smallest absolute Gasteiger partial charge is 0.223 e. The van der Waals surface area contributed by atoms with Crippen LogP contribution in [0.25, 0.3) is 11.0 Å². The van der Waals surface area contributed by atoms with Crippen molar-refractivity contribution >= 4 is 28.5 Å². The predicted molar refractivity (Wildman–Crippen MR) is 82.2 cm³/mol. The highest BCUT2D eigenvalue weighted by molar-refractivity contribution is 6.17. The quantitative estimate of drug-likeness (QED) is 0.795. The van der Waals surface area contributed by atoms with Crippen LogP contribution in [0.1, 0.15) is 17.8 Å². The van der Waals surface area contributed by atoms with Crippen LogP contribution in [0.5, 0.6) is 0 Å². The van der Waals surface area contributed by atoms with Crippen molar-refractivity contribution in [2.45, 2.75) is 26.3 Å². The number of nitrogens with zero attached hydrogens (tertiary/aromatic N) is 3. The summed E-state index contributed by atoms with van der Waals surface area (Å²) in [7, 11) is 3.55.